The molecule has 2 aromatic heterocycles. The van der Waals surface area contributed by atoms with E-state index in [-0.39, 0.29) is 17.5 Å². The smallest absolute Gasteiger partial charge is 0.252 e. The molecule has 8 heteroatoms. The van der Waals surface area contributed by atoms with Crippen molar-refractivity contribution in [3.63, 3.8) is 0 Å². The molecule has 0 saturated carbocycles. The third-order valence-corrected chi connectivity index (χ3v) is 5.02. The summed E-state index contributed by atoms with van der Waals surface area (Å²) in [5, 5.41) is 18.3. The fourth-order valence-corrected chi connectivity index (χ4v) is 3.19. The highest BCUT2D eigenvalue weighted by Gasteiger charge is 2.15. The maximum absolute atomic E-state index is 9.29. The number of hydrogen-bond acceptors (Lipinski definition) is 6. The number of hydrogen-bond donors (Lipinski definition) is 1. The summed E-state index contributed by atoms with van der Waals surface area (Å²) in [7, 11) is 0. The minimum Gasteiger partial charge on any atom is -0.422 e. The quantitative estimate of drug-likeness (QED) is 0.284. The number of nitrogens with one attached hydrogen (secondary N) is 1. The molecule has 0 amide bonds. The van der Waals surface area contributed by atoms with Crippen LogP contribution >= 0.6 is 15.9 Å². The van der Waals surface area contributed by atoms with Crippen LogP contribution in [0, 0.1) is 11.3 Å². The van der Waals surface area contributed by atoms with E-state index in [1.165, 1.54) is 0 Å². The second kappa shape index (κ2) is 8.98. The predicted molar refractivity (Wildman–Crippen MR) is 123 cm³/mol. The Bertz CT molecular complexity index is 1250. The van der Waals surface area contributed by atoms with Gasteiger partial charge in [-0.15, -0.1) is 0 Å². The van der Waals surface area contributed by atoms with Crippen molar-refractivity contribution in [1.29, 1.82) is 5.26 Å². The number of oxazole rings is 1. The highest BCUT2D eigenvalue weighted by Crippen LogP contribution is 2.25. The van der Waals surface area contributed by atoms with E-state index in [0.717, 1.165) is 27.0 Å². The van der Waals surface area contributed by atoms with Crippen LogP contribution in [0.1, 0.15) is 36.9 Å². The lowest BCUT2D eigenvalue weighted by atomic mass is 10.1. The Morgan fingerprint density at radius 1 is 1.16 bits per heavy atom. The molecule has 0 radical (unpaired) electrons. The van der Waals surface area contributed by atoms with Crippen molar-refractivity contribution in [3.05, 3.63) is 82.4 Å². The van der Waals surface area contributed by atoms with Gasteiger partial charge in [0.25, 0.3) is 5.88 Å². The van der Waals surface area contributed by atoms with Gasteiger partial charge in [0.05, 0.1) is 11.9 Å². The summed E-state index contributed by atoms with van der Waals surface area (Å²) < 4.78 is 8.42. The van der Waals surface area contributed by atoms with E-state index in [1.54, 1.807) is 6.21 Å². The zero-order valence-electron chi connectivity index (χ0n) is 17.0. The summed E-state index contributed by atoms with van der Waals surface area (Å²) in [6, 6.07) is 19.8. The Hall–Kier alpha value is -3.70. The van der Waals surface area contributed by atoms with Crippen molar-refractivity contribution in [1.82, 2.24) is 14.8 Å². The largest absolute Gasteiger partial charge is 0.422 e. The fraction of sp³-hybridized carbons (Fsp3) is 0.130. The van der Waals surface area contributed by atoms with Gasteiger partial charge in [-0.25, -0.2) is 15.1 Å². The van der Waals surface area contributed by atoms with Crippen LogP contribution in [0.15, 0.2) is 74.8 Å². The lowest BCUT2D eigenvalue weighted by molar-refractivity contribution is 0.481. The molecule has 0 spiro atoms. The van der Waals surface area contributed by atoms with E-state index >= 15 is 0 Å². The molecule has 4 aromatic rings. The third kappa shape index (κ3) is 4.57. The maximum Gasteiger partial charge on any atom is 0.252 e. The minimum absolute atomic E-state index is 0.0692. The van der Waals surface area contributed by atoms with Crippen molar-refractivity contribution in [3.8, 4) is 23.0 Å². The average molecular weight is 475 g/mol. The summed E-state index contributed by atoms with van der Waals surface area (Å²) >= 11 is 3.47. The molecule has 0 fully saturated rings. The van der Waals surface area contributed by atoms with E-state index in [1.807, 2.05) is 85.4 Å². The maximum atomic E-state index is 9.29. The topological polar surface area (TPSA) is 92.0 Å². The lowest BCUT2D eigenvalue weighted by Crippen LogP contribution is -1.93. The summed E-state index contributed by atoms with van der Waals surface area (Å²) in [5.74, 6) is 0.782. The van der Waals surface area contributed by atoms with E-state index in [4.69, 9.17) is 9.52 Å². The van der Waals surface area contributed by atoms with Crippen LogP contribution in [0.5, 0.6) is 0 Å². The van der Waals surface area contributed by atoms with E-state index in [0.29, 0.717) is 5.89 Å². The standard InChI is InChI=1S/C23H19BrN6O/c1-15(2)22-27-20(12-25)23(31-22)28-26-13-17-14-30(19-6-4-3-5-7-19)29-21(17)16-8-10-18(24)11-9-16/h3-11,13-15,28H,1-2H3. The Balaban J connectivity index is 1.68. The highest BCUT2D eigenvalue weighted by atomic mass is 79.9. The average Bonchev–Trinajstić information content (AvgIpc) is 3.40. The molecule has 0 atom stereocenters. The second-order valence-electron chi connectivity index (χ2n) is 7.09. The van der Waals surface area contributed by atoms with Gasteiger partial charge in [-0.3, -0.25) is 0 Å². The van der Waals surface area contributed by atoms with Gasteiger partial charge in [0.15, 0.2) is 0 Å². The molecule has 7 nitrogen and oxygen atoms in total. The monoisotopic (exact) mass is 474 g/mol. The number of para-hydroxylation sites is 1. The van der Waals surface area contributed by atoms with Gasteiger partial charge in [0.1, 0.15) is 11.8 Å². The second-order valence-corrected chi connectivity index (χ2v) is 8.00. The third-order valence-electron chi connectivity index (χ3n) is 4.49. The summed E-state index contributed by atoms with van der Waals surface area (Å²) in [5.41, 5.74) is 6.46. The Morgan fingerprint density at radius 2 is 1.90 bits per heavy atom. The van der Waals surface area contributed by atoms with Gasteiger partial charge >= 0.3 is 0 Å². The Labute approximate surface area is 188 Å². The first kappa shape index (κ1) is 20.6. The fourth-order valence-electron chi connectivity index (χ4n) is 2.92. The number of nitriles is 1. The van der Waals surface area contributed by atoms with Gasteiger partial charge in [0, 0.05) is 27.7 Å². The number of rotatable bonds is 6. The zero-order chi connectivity index (χ0) is 21.8. The molecule has 154 valence electrons. The summed E-state index contributed by atoms with van der Waals surface area (Å²) in [4.78, 5) is 4.19. The van der Waals surface area contributed by atoms with Crippen LogP contribution in [0.3, 0.4) is 0 Å². The van der Waals surface area contributed by atoms with Gasteiger partial charge in [-0.05, 0) is 24.3 Å². The molecule has 0 aliphatic rings. The molecular weight excluding hydrogens is 456 g/mol. The van der Waals surface area contributed by atoms with Crippen molar-refractivity contribution in [2.75, 3.05) is 5.43 Å². The number of aromatic nitrogens is 3. The molecule has 0 unspecified atom stereocenters. The van der Waals surface area contributed by atoms with Crippen molar-refractivity contribution in [2.45, 2.75) is 19.8 Å². The molecule has 4 rings (SSSR count). The van der Waals surface area contributed by atoms with Crippen LogP contribution < -0.4 is 5.43 Å². The SMILES string of the molecule is CC(C)c1nc(C#N)c(NN=Cc2cn(-c3ccccc3)nc2-c2ccc(Br)cc2)o1. The number of anilines is 1. The Morgan fingerprint density at radius 3 is 2.58 bits per heavy atom. The van der Waals surface area contributed by atoms with Crippen molar-refractivity contribution >= 4 is 28.0 Å². The molecule has 0 saturated heterocycles. The van der Waals surface area contributed by atoms with Crippen molar-refractivity contribution < 1.29 is 4.42 Å². The van der Waals surface area contributed by atoms with Crippen LogP contribution in [0.2, 0.25) is 0 Å². The first-order valence-corrected chi connectivity index (χ1v) is 10.5. The molecule has 0 bridgehead atoms. The predicted octanol–water partition coefficient (Wildman–Crippen LogP) is 5.73. The van der Waals surface area contributed by atoms with Crippen LogP contribution in [0.4, 0.5) is 5.88 Å². The normalized spacial score (nSPS) is 11.2. The summed E-state index contributed by atoms with van der Waals surface area (Å²) in [6.07, 6.45) is 3.56. The highest BCUT2D eigenvalue weighted by molar-refractivity contribution is 9.10. The number of benzene rings is 2. The lowest BCUT2D eigenvalue weighted by Gasteiger charge is -2.01. The van der Waals surface area contributed by atoms with Gasteiger partial charge in [-0.1, -0.05) is 60.1 Å². The van der Waals surface area contributed by atoms with Crippen molar-refractivity contribution in [2.24, 2.45) is 5.10 Å². The van der Waals surface area contributed by atoms with Gasteiger partial charge in [0.2, 0.25) is 11.6 Å². The molecule has 2 heterocycles. The Kier molecular flexibility index (Phi) is 5.96. The number of hydrazone groups is 1. The molecule has 31 heavy (non-hydrogen) atoms. The van der Waals surface area contributed by atoms with Crippen LogP contribution in [0.25, 0.3) is 16.9 Å². The number of halogens is 1. The first-order chi connectivity index (χ1) is 15.0. The van der Waals surface area contributed by atoms with E-state index < -0.39 is 0 Å². The number of nitrogens with zero attached hydrogens (tertiary/aromatic N) is 5. The van der Waals surface area contributed by atoms with Gasteiger partial charge in [-0.2, -0.15) is 15.5 Å². The molecule has 2 aromatic carbocycles. The molecule has 0 aliphatic carbocycles. The molecule has 0 aliphatic heterocycles. The van der Waals surface area contributed by atoms with E-state index in [9.17, 15) is 5.26 Å². The van der Waals surface area contributed by atoms with E-state index in [2.05, 4.69) is 31.4 Å². The summed E-state index contributed by atoms with van der Waals surface area (Å²) in [6.45, 7) is 3.89. The van der Waals surface area contributed by atoms with Gasteiger partial charge < -0.3 is 4.42 Å². The zero-order valence-corrected chi connectivity index (χ0v) is 18.5. The minimum atomic E-state index is 0.0692. The van der Waals surface area contributed by atoms with Crippen LogP contribution in [-0.2, 0) is 0 Å². The van der Waals surface area contributed by atoms with Crippen LogP contribution in [-0.4, -0.2) is 21.0 Å². The molecular formula is C23H19BrN6O. The first-order valence-electron chi connectivity index (χ1n) is 9.66. The molecule has 1 N–H and O–H groups in total.